The van der Waals surface area contributed by atoms with Crippen LogP contribution >= 0.6 is 0 Å². The maximum atomic E-state index is 11.2. The maximum absolute atomic E-state index is 11.2. The van der Waals surface area contributed by atoms with Crippen LogP contribution in [0.4, 0.5) is 0 Å². The standard InChI is InChI=1S/C10H18N2O3/c1-7(6-11(5)8(2)13)12(9(3)14)10(4)15/h7H,6H2,1-5H3. The molecule has 1 unspecified atom stereocenters. The summed E-state index contributed by atoms with van der Waals surface area (Å²) < 4.78 is 0. The normalized spacial score (nSPS) is 11.8. The maximum Gasteiger partial charge on any atom is 0.226 e. The summed E-state index contributed by atoms with van der Waals surface area (Å²) in [5, 5.41) is 0. The van der Waals surface area contributed by atoms with Gasteiger partial charge in [-0.2, -0.15) is 0 Å². The molecule has 0 fully saturated rings. The lowest BCUT2D eigenvalue weighted by Gasteiger charge is -2.28. The highest BCUT2D eigenvalue weighted by molar-refractivity contribution is 5.93. The van der Waals surface area contributed by atoms with E-state index in [1.807, 2.05) is 0 Å². The Morgan fingerprint density at radius 3 is 1.67 bits per heavy atom. The molecule has 86 valence electrons. The number of carbonyl (C=O) groups excluding carboxylic acids is 3. The molecule has 1 atom stereocenters. The Balaban J connectivity index is 4.52. The van der Waals surface area contributed by atoms with E-state index in [4.69, 9.17) is 0 Å². The van der Waals surface area contributed by atoms with Crippen molar-refractivity contribution < 1.29 is 14.4 Å². The van der Waals surface area contributed by atoms with Crippen LogP contribution in [0.25, 0.3) is 0 Å². The van der Waals surface area contributed by atoms with Crippen LogP contribution in [-0.2, 0) is 14.4 Å². The van der Waals surface area contributed by atoms with Gasteiger partial charge in [-0.25, -0.2) is 0 Å². The van der Waals surface area contributed by atoms with Crippen molar-refractivity contribution in [3.05, 3.63) is 0 Å². The van der Waals surface area contributed by atoms with E-state index in [0.29, 0.717) is 6.54 Å². The molecule has 0 aromatic carbocycles. The summed E-state index contributed by atoms with van der Waals surface area (Å²) in [4.78, 5) is 36.0. The molecule has 0 N–H and O–H groups in total. The number of rotatable bonds is 3. The average Bonchev–Trinajstić information content (AvgIpc) is 2.01. The van der Waals surface area contributed by atoms with E-state index in [0.717, 1.165) is 4.90 Å². The highest BCUT2D eigenvalue weighted by atomic mass is 16.2. The van der Waals surface area contributed by atoms with Crippen LogP contribution in [0.2, 0.25) is 0 Å². The summed E-state index contributed by atoms with van der Waals surface area (Å²) in [7, 11) is 1.64. The lowest BCUT2D eigenvalue weighted by Crippen LogP contribution is -2.46. The molecule has 0 aliphatic heterocycles. The van der Waals surface area contributed by atoms with E-state index < -0.39 is 0 Å². The Kier molecular flexibility index (Phi) is 4.97. The second-order valence-corrected chi connectivity index (χ2v) is 3.66. The minimum Gasteiger partial charge on any atom is -0.344 e. The number of hydrogen-bond acceptors (Lipinski definition) is 3. The van der Waals surface area contributed by atoms with Crippen LogP contribution in [-0.4, -0.2) is 47.2 Å². The predicted molar refractivity (Wildman–Crippen MR) is 56.0 cm³/mol. The van der Waals surface area contributed by atoms with Crippen molar-refractivity contribution in [2.75, 3.05) is 13.6 Å². The zero-order chi connectivity index (χ0) is 12.2. The molecule has 15 heavy (non-hydrogen) atoms. The molecule has 0 aromatic rings. The molecular formula is C10H18N2O3. The van der Waals surface area contributed by atoms with Gasteiger partial charge in [-0.15, -0.1) is 0 Å². The van der Waals surface area contributed by atoms with Gasteiger partial charge in [0.15, 0.2) is 0 Å². The second kappa shape index (κ2) is 5.48. The summed E-state index contributed by atoms with van der Waals surface area (Å²) in [6, 6.07) is -0.297. The molecule has 0 aromatic heterocycles. The van der Waals surface area contributed by atoms with Gasteiger partial charge >= 0.3 is 0 Å². The third-order valence-corrected chi connectivity index (χ3v) is 2.19. The van der Waals surface area contributed by atoms with Crippen molar-refractivity contribution in [1.82, 2.24) is 9.80 Å². The van der Waals surface area contributed by atoms with Gasteiger partial charge in [0, 0.05) is 34.4 Å². The number of imide groups is 1. The third kappa shape index (κ3) is 4.10. The monoisotopic (exact) mass is 214 g/mol. The molecule has 0 radical (unpaired) electrons. The van der Waals surface area contributed by atoms with Gasteiger partial charge in [0.1, 0.15) is 0 Å². The minimum absolute atomic E-state index is 0.0890. The van der Waals surface area contributed by atoms with Gasteiger partial charge in [-0.1, -0.05) is 0 Å². The SMILES string of the molecule is CC(=O)N(C)CC(C)N(C(C)=O)C(C)=O. The van der Waals surface area contributed by atoms with Gasteiger partial charge in [0.2, 0.25) is 17.7 Å². The van der Waals surface area contributed by atoms with Crippen LogP contribution in [0, 0.1) is 0 Å². The van der Waals surface area contributed by atoms with Crippen molar-refractivity contribution in [2.24, 2.45) is 0 Å². The van der Waals surface area contributed by atoms with E-state index >= 15 is 0 Å². The summed E-state index contributed by atoms with van der Waals surface area (Å²) in [5.41, 5.74) is 0. The van der Waals surface area contributed by atoms with E-state index in [1.54, 1.807) is 14.0 Å². The van der Waals surface area contributed by atoms with E-state index in [9.17, 15) is 14.4 Å². The number of nitrogens with zero attached hydrogens (tertiary/aromatic N) is 2. The van der Waals surface area contributed by atoms with Gasteiger partial charge in [0.25, 0.3) is 0 Å². The summed E-state index contributed by atoms with van der Waals surface area (Å²) in [5.74, 6) is -0.687. The average molecular weight is 214 g/mol. The number of likely N-dealkylation sites (N-methyl/N-ethyl adjacent to an activating group) is 1. The molecule has 3 amide bonds. The number of carbonyl (C=O) groups is 3. The minimum atomic E-state index is -0.299. The van der Waals surface area contributed by atoms with Crippen LogP contribution < -0.4 is 0 Å². The smallest absolute Gasteiger partial charge is 0.226 e. The fourth-order valence-corrected chi connectivity index (χ4v) is 1.45. The van der Waals surface area contributed by atoms with Crippen LogP contribution in [0.1, 0.15) is 27.7 Å². The van der Waals surface area contributed by atoms with E-state index in [-0.39, 0.29) is 23.8 Å². The first-order valence-corrected chi connectivity index (χ1v) is 4.79. The Hall–Kier alpha value is -1.39. The zero-order valence-electron chi connectivity index (χ0n) is 9.90. The molecule has 0 saturated heterocycles. The van der Waals surface area contributed by atoms with Crippen molar-refractivity contribution in [1.29, 1.82) is 0 Å². The molecule has 5 nitrogen and oxygen atoms in total. The summed E-state index contributed by atoms with van der Waals surface area (Å²) >= 11 is 0. The Morgan fingerprint density at radius 2 is 1.40 bits per heavy atom. The highest BCUT2D eigenvalue weighted by Crippen LogP contribution is 2.02. The van der Waals surface area contributed by atoms with Gasteiger partial charge in [0.05, 0.1) is 6.04 Å². The largest absolute Gasteiger partial charge is 0.344 e. The van der Waals surface area contributed by atoms with Crippen LogP contribution in [0.15, 0.2) is 0 Å². The molecule has 0 spiro atoms. The molecule has 0 heterocycles. The summed E-state index contributed by atoms with van der Waals surface area (Å²) in [6.07, 6.45) is 0. The topological polar surface area (TPSA) is 57.7 Å². The zero-order valence-corrected chi connectivity index (χ0v) is 9.90. The first-order valence-electron chi connectivity index (χ1n) is 4.79. The number of amides is 3. The third-order valence-electron chi connectivity index (χ3n) is 2.19. The molecule has 0 aliphatic rings. The lowest BCUT2D eigenvalue weighted by atomic mass is 10.2. The van der Waals surface area contributed by atoms with Gasteiger partial charge in [-0.05, 0) is 6.92 Å². The van der Waals surface area contributed by atoms with Crippen LogP contribution in [0.5, 0.6) is 0 Å². The van der Waals surface area contributed by atoms with Crippen molar-refractivity contribution in [3.63, 3.8) is 0 Å². The van der Waals surface area contributed by atoms with Crippen LogP contribution in [0.3, 0.4) is 0 Å². The van der Waals surface area contributed by atoms with Crippen molar-refractivity contribution in [3.8, 4) is 0 Å². The van der Waals surface area contributed by atoms with Crippen molar-refractivity contribution in [2.45, 2.75) is 33.7 Å². The molecule has 0 aliphatic carbocycles. The quantitative estimate of drug-likeness (QED) is 0.676. The first-order chi connectivity index (χ1) is 6.77. The first kappa shape index (κ1) is 13.6. The molecule has 0 saturated carbocycles. The molecule has 0 rings (SSSR count). The van der Waals surface area contributed by atoms with E-state index in [2.05, 4.69) is 0 Å². The molecular weight excluding hydrogens is 196 g/mol. The highest BCUT2D eigenvalue weighted by Gasteiger charge is 2.22. The Morgan fingerprint density at radius 1 is 1.00 bits per heavy atom. The fourth-order valence-electron chi connectivity index (χ4n) is 1.45. The molecule has 5 heteroatoms. The van der Waals surface area contributed by atoms with E-state index in [1.165, 1.54) is 25.7 Å². The fraction of sp³-hybridized carbons (Fsp3) is 0.700. The van der Waals surface area contributed by atoms with Gasteiger partial charge < -0.3 is 4.90 Å². The summed E-state index contributed by atoms with van der Waals surface area (Å²) in [6.45, 7) is 6.21. The predicted octanol–water partition coefficient (Wildman–Crippen LogP) is 0.248. The van der Waals surface area contributed by atoms with Gasteiger partial charge in [-0.3, -0.25) is 19.3 Å². The van der Waals surface area contributed by atoms with Crippen molar-refractivity contribution >= 4 is 17.7 Å². The lowest BCUT2D eigenvalue weighted by molar-refractivity contribution is -0.146. The Labute approximate surface area is 90.0 Å². The number of hydrogen-bond donors (Lipinski definition) is 0. The Bertz CT molecular complexity index is 262. The molecule has 0 bridgehead atoms. The second-order valence-electron chi connectivity index (χ2n) is 3.66.